The van der Waals surface area contributed by atoms with Gasteiger partial charge in [0, 0.05) is 32.0 Å². The average molecular weight is 473 g/mol. The minimum atomic E-state index is -0.740. The Balaban J connectivity index is 1.86. The van der Waals surface area contributed by atoms with Gasteiger partial charge in [-0.3, -0.25) is 4.79 Å². The van der Waals surface area contributed by atoms with E-state index in [1.807, 2.05) is 0 Å². The molecular formula is C25H32N2O7. The molecule has 9 heteroatoms. The highest BCUT2D eigenvalue weighted by atomic mass is 16.6. The van der Waals surface area contributed by atoms with E-state index in [0.717, 1.165) is 25.3 Å². The van der Waals surface area contributed by atoms with Gasteiger partial charge in [-0.05, 0) is 50.3 Å². The highest BCUT2D eigenvalue weighted by Crippen LogP contribution is 2.29. The Morgan fingerprint density at radius 3 is 2.71 bits per heavy atom. The maximum atomic E-state index is 12.8. The summed E-state index contributed by atoms with van der Waals surface area (Å²) in [6.07, 6.45) is 9.22. The molecule has 2 heterocycles. The van der Waals surface area contributed by atoms with Gasteiger partial charge in [0.25, 0.3) is 5.91 Å². The second kappa shape index (κ2) is 12.2. The number of likely N-dealkylation sites (tertiary alicyclic amines) is 1. The first-order chi connectivity index (χ1) is 16.3. The fourth-order valence-electron chi connectivity index (χ4n) is 3.91. The Morgan fingerprint density at radius 2 is 1.94 bits per heavy atom. The minimum absolute atomic E-state index is 0.0150. The molecule has 0 spiro atoms. The van der Waals surface area contributed by atoms with Crippen molar-refractivity contribution in [3.8, 4) is 11.5 Å². The molecule has 184 valence electrons. The number of phenols is 2. The third kappa shape index (κ3) is 7.34. The van der Waals surface area contributed by atoms with Crippen LogP contribution in [0.3, 0.4) is 0 Å². The van der Waals surface area contributed by atoms with Gasteiger partial charge in [-0.1, -0.05) is 23.4 Å². The largest absolute Gasteiger partial charge is 0.508 e. The molecule has 0 aromatic heterocycles. The van der Waals surface area contributed by atoms with Crippen molar-refractivity contribution < 1.29 is 34.5 Å². The molecule has 1 amide bonds. The van der Waals surface area contributed by atoms with Gasteiger partial charge in [0.1, 0.15) is 23.2 Å². The van der Waals surface area contributed by atoms with Crippen LogP contribution in [0.1, 0.15) is 54.9 Å². The van der Waals surface area contributed by atoms with Crippen molar-refractivity contribution >= 4 is 17.6 Å². The van der Waals surface area contributed by atoms with E-state index in [1.54, 1.807) is 36.1 Å². The van der Waals surface area contributed by atoms with E-state index in [9.17, 15) is 24.9 Å². The van der Waals surface area contributed by atoms with Crippen LogP contribution in [0.25, 0.3) is 0 Å². The van der Waals surface area contributed by atoms with Gasteiger partial charge in [0.15, 0.2) is 6.61 Å². The lowest BCUT2D eigenvalue weighted by molar-refractivity contribution is -0.137. The van der Waals surface area contributed by atoms with Gasteiger partial charge in [-0.25, -0.2) is 4.79 Å². The molecule has 2 aliphatic rings. The summed E-state index contributed by atoms with van der Waals surface area (Å²) >= 11 is 0. The van der Waals surface area contributed by atoms with E-state index in [0.29, 0.717) is 31.6 Å². The van der Waals surface area contributed by atoms with Crippen molar-refractivity contribution in [2.75, 3.05) is 19.7 Å². The van der Waals surface area contributed by atoms with Crippen LogP contribution in [0.4, 0.5) is 0 Å². The van der Waals surface area contributed by atoms with Crippen molar-refractivity contribution in [3.63, 3.8) is 0 Å². The summed E-state index contributed by atoms with van der Waals surface area (Å²) in [5.41, 5.74) is 0.556. The van der Waals surface area contributed by atoms with Crippen molar-refractivity contribution in [3.05, 3.63) is 47.6 Å². The summed E-state index contributed by atoms with van der Waals surface area (Å²) < 4.78 is 5.44. The number of amides is 1. The Hall–Kier alpha value is -3.33. The number of cyclic esters (lactones) is 1. The molecule has 1 aromatic rings. The molecule has 0 aliphatic carbocycles. The molecule has 2 aliphatic heterocycles. The number of piperidine rings is 1. The zero-order chi connectivity index (χ0) is 24.5. The van der Waals surface area contributed by atoms with Crippen LogP contribution in [0, 0.1) is 0 Å². The van der Waals surface area contributed by atoms with Crippen LogP contribution >= 0.6 is 0 Å². The Kier molecular flexibility index (Phi) is 9.09. The topological polar surface area (TPSA) is 129 Å². The van der Waals surface area contributed by atoms with Crippen molar-refractivity contribution in [2.24, 2.45) is 5.16 Å². The standard InChI is InChI=1S/C25H32N2O7/c1-17-7-5-9-20(28)10-6-8-19(26-33-16-23(31)27-11-3-2-4-12-27)13-18-14-21(29)15-22(30)24(18)25(32)34-17/h5-6,8-9,14-15,17,20,28-30H,2-4,7,10-13,16H2,1H3/b8-6+,9-5+,26-19-/t17-,20?/m1/s1. The maximum Gasteiger partial charge on any atom is 0.342 e. The third-order valence-corrected chi connectivity index (χ3v) is 5.66. The SMILES string of the molecule is C[C@@H]1C/C=C/C(O)C/C=C/C(=N/OCC(=O)N2CCCCC2)Cc2cc(O)cc(O)c2C(=O)O1. The fraction of sp³-hybridized carbons (Fsp3) is 0.480. The molecule has 3 N–H and O–H groups in total. The normalized spacial score (nSPS) is 25.1. The number of aliphatic hydroxyl groups is 1. The van der Waals surface area contributed by atoms with E-state index in [4.69, 9.17) is 9.57 Å². The molecule has 1 saturated heterocycles. The number of fused-ring (bicyclic) bond motifs is 1. The number of phenolic OH excluding ortho intramolecular Hbond substituents is 2. The lowest BCUT2D eigenvalue weighted by Crippen LogP contribution is -2.37. The lowest BCUT2D eigenvalue weighted by atomic mass is 9.99. The number of ether oxygens (including phenoxy) is 1. The predicted molar refractivity (Wildman–Crippen MR) is 126 cm³/mol. The lowest BCUT2D eigenvalue weighted by Gasteiger charge is -2.26. The number of carbonyl (C=O) groups is 2. The summed E-state index contributed by atoms with van der Waals surface area (Å²) in [5, 5.41) is 34.6. The van der Waals surface area contributed by atoms with E-state index in [1.165, 1.54) is 6.07 Å². The number of nitrogens with zero attached hydrogens (tertiary/aromatic N) is 2. The molecule has 0 radical (unpaired) electrons. The molecule has 1 fully saturated rings. The second-order valence-corrected chi connectivity index (χ2v) is 8.56. The van der Waals surface area contributed by atoms with Crippen LogP contribution < -0.4 is 0 Å². The number of aromatic hydroxyl groups is 2. The number of aliphatic hydroxyl groups excluding tert-OH is 1. The van der Waals surface area contributed by atoms with Gasteiger partial charge < -0.3 is 29.8 Å². The zero-order valence-electron chi connectivity index (χ0n) is 19.4. The summed E-state index contributed by atoms with van der Waals surface area (Å²) in [7, 11) is 0. The highest BCUT2D eigenvalue weighted by molar-refractivity contribution is 6.00. The van der Waals surface area contributed by atoms with Gasteiger partial charge in [-0.15, -0.1) is 0 Å². The number of esters is 1. The summed E-state index contributed by atoms with van der Waals surface area (Å²) in [5.74, 6) is -1.52. The van der Waals surface area contributed by atoms with Gasteiger partial charge in [-0.2, -0.15) is 0 Å². The minimum Gasteiger partial charge on any atom is -0.508 e. The smallest absolute Gasteiger partial charge is 0.342 e. The maximum absolute atomic E-state index is 12.8. The first-order valence-electron chi connectivity index (χ1n) is 11.6. The first kappa shape index (κ1) is 25.3. The first-order valence-corrected chi connectivity index (χ1v) is 11.6. The number of hydrogen-bond donors (Lipinski definition) is 3. The molecule has 34 heavy (non-hydrogen) atoms. The average Bonchev–Trinajstić information content (AvgIpc) is 2.78. The van der Waals surface area contributed by atoms with Crippen LogP contribution in [-0.2, 0) is 20.8 Å². The molecule has 1 unspecified atom stereocenters. The summed E-state index contributed by atoms with van der Waals surface area (Å²) in [6.45, 7) is 2.89. The van der Waals surface area contributed by atoms with Crippen molar-refractivity contribution in [1.29, 1.82) is 0 Å². The molecule has 9 nitrogen and oxygen atoms in total. The van der Waals surface area contributed by atoms with E-state index >= 15 is 0 Å². The predicted octanol–water partition coefficient (Wildman–Crippen LogP) is 2.84. The van der Waals surface area contributed by atoms with E-state index in [-0.39, 0.29) is 35.8 Å². The summed E-state index contributed by atoms with van der Waals surface area (Å²) in [4.78, 5) is 32.2. The molecule has 1 aromatic carbocycles. The van der Waals surface area contributed by atoms with Gasteiger partial charge in [0.2, 0.25) is 0 Å². The Bertz CT molecular complexity index is 964. The molecule has 3 rings (SSSR count). The number of rotatable bonds is 3. The van der Waals surface area contributed by atoms with Crippen LogP contribution in [0.2, 0.25) is 0 Å². The molecule has 0 saturated carbocycles. The number of benzene rings is 1. The number of carbonyl (C=O) groups excluding carboxylic acids is 2. The van der Waals surface area contributed by atoms with Gasteiger partial charge >= 0.3 is 5.97 Å². The number of hydrogen-bond acceptors (Lipinski definition) is 8. The quantitative estimate of drug-likeness (QED) is 0.350. The van der Waals surface area contributed by atoms with Gasteiger partial charge in [0.05, 0.1) is 11.8 Å². The second-order valence-electron chi connectivity index (χ2n) is 8.56. The third-order valence-electron chi connectivity index (χ3n) is 5.66. The molecule has 0 bridgehead atoms. The van der Waals surface area contributed by atoms with E-state index in [2.05, 4.69) is 5.16 Å². The van der Waals surface area contributed by atoms with Crippen molar-refractivity contribution in [2.45, 2.75) is 57.7 Å². The Labute approximate surface area is 199 Å². The van der Waals surface area contributed by atoms with Crippen LogP contribution in [0.15, 0.2) is 41.6 Å². The molecular weight excluding hydrogens is 440 g/mol. The van der Waals surface area contributed by atoms with Crippen LogP contribution in [0.5, 0.6) is 11.5 Å². The molecule has 2 atom stereocenters. The summed E-state index contributed by atoms with van der Waals surface area (Å²) in [6, 6.07) is 2.43. The van der Waals surface area contributed by atoms with E-state index < -0.39 is 23.9 Å². The number of oxime groups is 1. The highest BCUT2D eigenvalue weighted by Gasteiger charge is 2.22. The Morgan fingerprint density at radius 1 is 1.18 bits per heavy atom. The number of allylic oxidation sites excluding steroid dienone is 1. The van der Waals surface area contributed by atoms with Crippen molar-refractivity contribution in [1.82, 2.24) is 4.90 Å². The fourth-order valence-corrected chi connectivity index (χ4v) is 3.91. The van der Waals surface area contributed by atoms with Crippen LogP contribution in [-0.4, -0.2) is 69.7 Å². The zero-order valence-corrected chi connectivity index (χ0v) is 19.4. The monoisotopic (exact) mass is 472 g/mol.